The summed E-state index contributed by atoms with van der Waals surface area (Å²) >= 11 is 1.59. The molecule has 160 valence electrons. The fourth-order valence-corrected chi connectivity index (χ4v) is 6.47. The molecule has 1 atom stereocenters. The van der Waals surface area contributed by atoms with Gasteiger partial charge in [0.05, 0.1) is 10.6 Å². The molecule has 0 unspecified atom stereocenters. The molecule has 30 heavy (non-hydrogen) atoms. The number of sulfonamides is 1. The Morgan fingerprint density at radius 2 is 1.77 bits per heavy atom. The van der Waals surface area contributed by atoms with Crippen molar-refractivity contribution in [3.05, 3.63) is 47.5 Å². The van der Waals surface area contributed by atoms with Crippen LogP contribution in [0.4, 0.5) is 11.4 Å². The van der Waals surface area contributed by atoms with Crippen molar-refractivity contribution in [3.63, 3.8) is 0 Å². The number of anilines is 2. The van der Waals surface area contributed by atoms with Crippen LogP contribution in [0.25, 0.3) is 0 Å². The quantitative estimate of drug-likeness (QED) is 0.781. The van der Waals surface area contributed by atoms with E-state index in [2.05, 4.69) is 42.3 Å². The maximum absolute atomic E-state index is 13.3. The molecule has 1 amide bonds. The lowest BCUT2D eigenvalue weighted by atomic mass is 10.1. The number of rotatable bonds is 3. The standard InChI is InChI=1S/C22H27N3O3S2/c1-15-4-5-16(2)20(12-15)24-8-10-25(11-9-24)30(27,28)18-6-7-21-19(14-18)23-22(26)13-17(3)29-21/h4-7,12,14,17H,8-11,13H2,1-3H3,(H,23,26)/t17-/m0/s1. The van der Waals surface area contributed by atoms with E-state index in [1.807, 2.05) is 6.92 Å². The van der Waals surface area contributed by atoms with E-state index >= 15 is 0 Å². The molecular weight excluding hydrogens is 418 g/mol. The number of aryl methyl sites for hydroxylation is 2. The van der Waals surface area contributed by atoms with Crippen molar-refractivity contribution < 1.29 is 13.2 Å². The van der Waals surface area contributed by atoms with Gasteiger partial charge < -0.3 is 10.2 Å². The maximum atomic E-state index is 13.3. The minimum Gasteiger partial charge on any atom is -0.369 e. The topological polar surface area (TPSA) is 69.7 Å². The lowest BCUT2D eigenvalue weighted by Crippen LogP contribution is -2.48. The molecule has 0 spiro atoms. The van der Waals surface area contributed by atoms with Gasteiger partial charge in [-0.25, -0.2) is 8.42 Å². The number of carbonyl (C=O) groups excluding carboxylic acids is 1. The Balaban J connectivity index is 1.53. The fourth-order valence-electron chi connectivity index (χ4n) is 3.97. The van der Waals surface area contributed by atoms with E-state index in [-0.39, 0.29) is 16.1 Å². The molecule has 0 aliphatic carbocycles. The number of amides is 1. The van der Waals surface area contributed by atoms with E-state index < -0.39 is 10.0 Å². The summed E-state index contributed by atoms with van der Waals surface area (Å²) in [5.74, 6) is -0.0783. The molecule has 1 saturated heterocycles. The van der Waals surface area contributed by atoms with E-state index in [9.17, 15) is 13.2 Å². The number of fused-ring (bicyclic) bond motifs is 1. The van der Waals surface area contributed by atoms with Gasteiger partial charge in [0, 0.05) is 48.4 Å². The van der Waals surface area contributed by atoms with Crippen LogP contribution < -0.4 is 10.2 Å². The number of hydrogen-bond acceptors (Lipinski definition) is 5. The van der Waals surface area contributed by atoms with Crippen molar-refractivity contribution in [2.75, 3.05) is 36.4 Å². The zero-order valence-corrected chi connectivity index (χ0v) is 19.1. The van der Waals surface area contributed by atoms with Gasteiger partial charge in [0.1, 0.15) is 0 Å². The maximum Gasteiger partial charge on any atom is 0.243 e. The van der Waals surface area contributed by atoms with Gasteiger partial charge in [-0.05, 0) is 49.2 Å². The lowest BCUT2D eigenvalue weighted by Gasteiger charge is -2.36. The van der Waals surface area contributed by atoms with Crippen LogP contribution in [0.5, 0.6) is 0 Å². The summed E-state index contributed by atoms with van der Waals surface area (Å²) in [5.41, 5.74) is 4.16. The molecule has 0 bridgehead atoms. The highest BCUT2D eigenvalue weighted by atomic mass is 32.2. The summed E-state index contributed by atoms with van der Waals surface area (Å²) in [5, 5.41) is 3.02. The van der Waals surface area contributed by atoms with Crippen molar-refractivity contribution in [2.45, 2.75) is 42.2 Å². The molecular formula is C22H27N3O3S2. The van der Waals surface area contributed by atoms with Crippen molar-refractivity contribution in [1.82, 2.24) is 4.31 Å². The molecule has 1 fully saturated rings. The number of hydrogen-bond donors (Lipinski definition) is 1. The van der Waals surface area contributed by atoms with E-state index in [0.29, 0.717) is 38.3 Å². The normalized spacial score (nSPS) is 20.4. The second-order valence-electron chi connectivity index (χ2n) is 8.02. The summed E-state index contributed by atoms with van der Waals surface area (Å²) in [6.45, 7) is 8.33. The summed E-state index contributed by atoms with van der Waals surface area (Å²) in [4.78, 5) is 15.4. The zero-order chi connectivity index (χ0) is 21.5. The van der Waals surface area contributed by atoms with Crippen LogP contribution in [-0.2, 0) is 14.8 Å². The van der Waals surface area contributed by atoms with Gasteiger partial charge in [-0.3, -0.25) is 4.79 Å². The Morgan fingerprint density at radius 3 is 2.50 bits per heavy atom. The van der Waals surface area contributed by atoms with Crippen LogP contribution in [0.2, 0.25) is 0 Å². The Hall–Kier alpha value is -2.03. The monoisotopic (exact) mass is 445 g/mol. The third-order valence-corrected chi connectivity index (χ3v) is 8.68. The first kappa shape index (κ1) is 21.2. The number of thioether (sulfide) groups is 1. The molecule has 1 N–H and O–H groups in total. The summed E-state index contributed by atoms with van der Waals surface area (Å²) in [6, 6.07) is 11.4. The van der Waals surface area contributed by atoms with E-state index in [4.69, 9.17) is 0 Å². The Morgan fingerprint density at radius 1 is 1.03 bits per heavy atom. The highest BCUT2D eigenvalue weighted by Gasteiger charge is 2.30. The zero-order valence-electron chi connectivity index (χ0n) is 17.5. The third kappa shape index (κ3) is 4.22. The highest BCUT2D eigenvalue weighted by molar-refractivity contribution is 8.00. The van der Waals surface area contributed by atoms with Crippen molar-refractivity contribution in [1.29, 1.82) is 0 Å². The van der Waals surface area contributed by atoms with Crippen LogP contribution in [0.1, 0.15) is 24.5 Å². The van der Waals surface area contributed by atoms with Crippen LogP contribution in [-0.4, -0.2) is 50.1 Å². The largest absolute Gasteiger partial charge is 0.369 e. The average Bonchev–Trinajstić information content (AvgIpc) is 2.85. The Labute approximate surface area is 182 Å². The van der Waals surface area contributed by atoms with Crippen LogP contribution in [0, 0.1) is 13.8 Å². The first-order chi connectivity index (χ1) is 14.2. The summed E-state index contributed by atoms with van der Waals surface area (Å²) in [7, 11) is -3.62. The first-order valence-corrected chi connectivity index (χ1v) is 12.5. The number of carbonyl (C=O) groups is 1. The van der Waals surface area contributed by atoms with Gasteiger partial charge in [-0.1, -0.05) is 19.1 Å². The molecule has 8 heteroatoms. The van der Waals surface area contributed by atoms with Gasteiger partial charge in [0.15, 0.2) is 0 Å². The van der Waals surface area contributed by atoms with E-state index in [1.54, 1.807) is 34.3 Å². The SMILES string of the molecule is Cc1ccc(C)c(N2CCN(S(=O)(=O)c3ccc4c(c3)NC(=O)C[C@H](C)S4)CC2)c1. The predicted molar refractivity (Wildman–Crippen MR) is 122 cm³/mol. The molecule has 0 radical (unpaired) electrons. The van der Waals surface area contributed by atoms with Crippen molar-refractivity contribution >= 4 is 39.1 Å². The van der Waals surface area contributed by atoms with Gasteiger partial charge >= 0.3 is 0 Å². The van der Waals surface area contributed by atoms with E-state index in [0.717, 1.165) is 4.90 Å². The third-order valence-electron chi connectivity index (χ3n) is 5.61. The van der Waals surface area contributed by atoms with Gasteiger partial charge in [0.25, 0.3) is 0 Å². The number of nitrogens with zero attached hydrogens (tertiary/aromatic N) is 2. The Kier molecular flexibility index (Phi) is 5.83. The molecule has 2 aliphatic heterocycles. The van der Waals surface area contributed by atoms with Gasteiger partial charge in [-0.15, -0.1) is 11.8 Å². The molecule has 2 heterocycles. The second-order valence-corrected chi connectivity index (χ2v) is 11.4. The first-order valence-electron chi connectivity index (χ1n) is 10.2. The van der Waals surface area contributed by atoms with Crippen molar-refractivity contribution in [2.24, 2.45) is 0 Å². The summed E-state index contributed by atoms with van der Waals surface area (Å²) < 4.78 is 28.1. The predicted octanol–water partition coefficient (Wildman–Crippen LogP) is 3.64. The molecule has 6 nitrogen and oxygen atoms in total. The fraction of sp³-hybridized carbons (Fsp3) is 0.409. The number of benzene rings is 2. The molecule has 4 rings (SSSR count). The summed E-state index contributed by atoms with van der Waals surface area (Å²) in [6.07, 6.45) is 0.418. The van der Waals surface area contributed by atoms with Crippen molar-refractivity contribution in [3.8, 4) is 0 Å². The second kappa shape index (κ2) is 8.24. The minimum atomic E-state index is -3.62. The van der Waals surface area contributed by atoms with Gasteiger partial charge in [-0.2, -0.15) is 4.31 Å². The lowest BCUT2D eigenvalue weighted by molar-refractivity contribution is -0.116. The molecule has 0 aromatic heterocycles. The molecule has 0 saturated carbocycles. The average molecular weight is 446 g/mol. The number of nitrogens with one attached hydrogen (secondary N) is 1. The Bertz CT molecular complexity index is 1080. The van der Waals surface area contributed by atoms with Gasteiger partial charge in [0.2, 0.25) is 15.9 Å². The molecule has 2 aromatic rings. The van der Waals surface area contributed by atoms with Crippen LogP contribution in [0.15, 0.2) is 46.2 Å². The van der Waals surface area contributed by atoms with Crippen LogP contribution >= 0.6 is 11.8 Å². The molecule has 2 aromatic carbocycles. The minimum absolute atomic E-state index is 0.0783. The van der Waals surface area contributed by atoms with Crippen LogP contribution in [0.3, 0.4) is 0 Å². The van der Waals surface area contributed by atoms with E-state index in [1.165, 1.54) is 16.8 Å². The number of piperazine rings is 1. The smallest absolute Gasteiger partial charge is 0.243 e. The highest BCUT2D eigenvalue weighted by Crippen LogP contribution is 2.37. The molecule has 2 aliphatic rings.